The minimum absolute atomic E-state index is 0.578. The minimum Gasteiger partial charge on any atom is -0.329 e. The SMILES string of the molecule is Cn1ccnc1Sc1cccc(CN)c1. The number of rotatable bonds is 3. The molecule has 2 rings (SSSR count). The van der Waals surface area contributed by atoms with Crippen LogP contribution in [0.25, 0.3) is 0 Å². The topological polar surface area (TPSA) is 43.8 Å². The number of aryl methyl sites for hydroxylation is 1. The van der Waals surface area contributed by atoms with E-state index < -0.39 is 0 Å². The molecule has 78 valence electrons. The van der Waals surface area contributed by atoms with Gasteiger partial charge in [-0.15, -0.1) is 0 Å². The second kappa shape index (κ2) is 4.51. The highest BCUT2D eigenvalue weighted by atomic mass is 32.2. The highest BCUT2D eigenvalue weighted by Crippen LogP contribution is 2.26. The molecule has 3 nitrogen and oxygen atoms in total. The fourth-order valence-electron chi connectivity index (χ4n) is 1.29. The largest absolute Gasteiger partial charge is 0.329 e. The Bertz CT molecular complexity index is 451. The first-order valence-corrected chi connectivity index (χ1v) is 5.55. The second-order valence-electron chi connectivity index (χ2n) is 3.27. The predicted molar refractivity (Wildman–Crippen MR) is 61.7 cm³/mol. The van der Waals surface area contributed by atoms with Crippen LogP contribution in [0, 0.1) is 0 Å². The molecule has 0 saturated carbocycles. The quantitative estimate of drug-likeness (QED) is 0.859. The van der Waals surface area contributed by atoms with Crippen LogP contribution in [0.4, 0.5) is 0 Å². The molecule has 0 amide bonds. The first-order valence-electron chi connectivity index (χ1n) is 4.74. The molecule has 0 radical (unpaired) electrons. The third-order valence-corrected chi connectivity index (χ3v) is 3.19. The molecule has 0 saturated heterocycles. The van der Waals surface area contributed by atoms with Gasteiger partial charge in [-0.1, -0.05) is 23.9 Å². The van der Waals surface area contributed by atoms with E-state index in [1.54, 1.807) is 18.0 Å². The van der Waals surface area contributed by atoms with Gasteiger partial charge in [0.2, 0.25) is 0 Å². The van der Waals surface area contributed by atoms with E-state index in [1.807, 2.05) is 29.9 Å². The van der Waals surface area contributed by atoms with E-state index in [4.69, 9.17) is 5.73 Å². The van der Waals surface area contributed by atoms with Gasteiger partial charge in [-0.2, -0.15) is 0 Å². The van der Waals surface area contributed by atoms with Gasteiger partial charge in [-0.3, -0.25) is 0 Å². The van der Waals surface area contributed by atoms with Crippen molar-refractivity contribution in [2.24, 2.45) is 12.8 Å². The molecule has 4 heteroatoms. The van der Waals surface area contributed by atoms with Gasteiger partial charge in [0.1, 0.15) is 0 Å². The smallest absolute Gasteiger partial charge is 0.172 e. The number of imidazole rings is 1. The van der Waals surface area contributed by atoms with Gasteiger partial charge in [0, 0.05) is 30.9 Å². The van der Waals surface area contributed by atoms with Gasteiger partial charge >= 0.3 is 0 Å². The highest BCUT2D eigenvalue weighted by molar-refractivity contribution is 7.99. The van der Waals surface area contributed by atoms with Crippen molar-refractivity contribution in [3.05, 3.63) is 42.2 Å². The number of hydrogen-bond donors (Lipinski definition) is 1. The number of benzene rings is 1. The fourth-order valence-corrected chi connectivity index (χ4v) is 2.18. The van der Waals surface area contributed by atoms with E-state index in [-0.39, 0.29) is 0 Å². The van der Waals surface area contributed by atoms with Crippen LogP contribution in [0.3, 0.4) is 0 Å². The highest BCUT2D eigenvalue weighted by Gasteiger charge is 2.02. The molecule has 1 aromatic carbocycles. The predicted octanol–water partition coefficient (Wildman–Crippen LogP) is 2.03. The van der Waals surface area contributed by atoms with Crippen LogP contribution in [-0.4, -0.2) is 9.55 Å². The third-order valence-electron chi connectivity index (χ3n) is 2.12. The maximum atomic E-state index is 5.59. The molecule has 1 aromatic heterocycles. The molecule has 1 heterocycles. The Morgan fingerprint density at radius 1 is 1.47 bits per heavy atom. The molecule has 0 aliphatic heterocycles. The van der Waals surface area contributed by atoms with Crippen molar-refractivity contribution in [3.8, 4) is 0 Å². The molecule has 0 fully saturated rings. The van der Waals surface area contributed by atoms with Gasteiger partial charge < -0.3 is 10.3 Å². The van der Waals surface area contributed by atoms with Crippen molar-refractivity contribution in [1.29, 1.82) is 0 Å². The Morgan fingerprint density at radius 3 is 3.00 bits per heavy atom. The lowest BCUT2D eigenvalue weighted by Gasteiger charge is -2.03. The lowest BCUT2D eigenvalue weighted by Crippen LogP contribution is -1.95. The first-order chi connectivity index (χ1) is 7.29. The summed E-state index contributed by atoms with van der Waals surface area (Å²) in [6.45, 7) is 0.578. The Labute approximate surface area is 93.3 Å². The van der Waals surface area contributed by atoms with Crippen LogP contribution in [-0.2, 0) is 13.6 Å². The Kier molecular flexibility index (Phi) is 3.08. The zero-order valence-corrected chi connectivity index (χ0v) is 9.37. The van der Waals surface area contributed by atoms with Gasteiger partial charge in [0.05, 0.1) is 0 Å². The third kappa shape index (κ3) is 2.40. The van der Waals surface area contributed by atoms with Gasteiger partial charge in [0.25, 0.3) is 0 Å². The molecule has 0 aliphatic carbocycles. The molecule has 0 aliphatic rings. The van der Waals surface area contributed by atoms with Gasteiger partial charge in [0.15, 0.2) is 5.16 Å². The maximum Gasteiger partial charge on any atom is 0.172 e. The molecule has 15 heavy (non-hydrogen) atoms. The van der Waals surface area contributed by atoms with Crippen molar-refractivity contribution >= 4 is 11.8 Å². The average Bonchev–Trinajstić information content (AvgIpc) is 2.65. The Morgan fingerprint density at radius 2 is 2.33 bits per heavy atom. The van der Waals surface area contributed by atoms with Crippen LogP contribution in [0.15, 0.2) is 46.7 Å². The molecule has 2 N–H and O–H groups in total. The lowest BCUT2D eigenvalue weighted by atomic mass is 10.2. The molecule has 0 bridgehead atoms. The molecular weight excluding hydrogens is 206 g/mol. The summed E-state index contributed by atoms with van der Waals surface area (Å²) in [7, 11) is 1.99. The monoisotopic (exact) mass is 219 g/mol. The van der Waals surface area contributed by atoms with Crippen molar-refractivity contribution < 1.29 is 0 Å². The van der Waals surface area contributed by atoms with Crippen molar-refractivity contribution in [3.63, 3.8) is 0 Å². The summed E-state index contributed by atoms with van der Waals surface area (Å²) >= 11 is 1.65. The summed E-state index contributed by atoms with van der Waals surface area (Å²) in [6.07, 6.45) is 3.74. The molecule has 0 unspecified atom stereocenters. The minimum atomic E-state index is 0.578. The van der Waals surface area contributed by atoms with E-state index in [9.17, 15) is 0 Å². The zero-order chi connectivity index (χ0) is 10.7. The normalized spacial score (nSPS) is 10.5. The van der Waals surface area contributed by atoms with E-state index >= 15 is 0 Å². The summed E-state index contributed by atoms with van der Waals surface area (Å²) in [5.41, 5.74) is 6.74. The second-order valence-corrected chi connectivity index (χ2v) is 4.31. The van der Waals surface area contributed by atoms with Crippen LogP contribution in [0.1, 0.15) is 5.56 Å². The first kappa shape index (κ1) is 10.3. The standard InChI is InChI=1S/C11H13N3S/c1-14-6-5-13-11(14)15-10-4-2-3-9(7-10)8-12/h2-7H,8,12H2,1H3. The molecular formula is C11H13N3S. The van der Waals surface area contributed by atoms with Crippen molar-refractivity contribution in [2.45, 2.75) is 16.6 Å². The summed E-state index contributed by atoms with van der Waals surface area (Å²) < 4.78 is 2.00. The van der Waals surface area contributed by atoms with E-state index in [1.165, 1.54) is 4.90 Å². The number of nitrogens with two attached hydrogens (primary N) is 1. The van der Waals surface area contributed by atoms with Crippen LogP contribution in [0.2, 0.25) is 0 Å². The summed E-state index contributed by atoms with van der Waals surface area (Å²) in [6, 6.07) is 8.22. The van der Waals surface area contributed by atoms with Crippen LogP contribution in [0.5, 0.6) is 0 Å². The zero-order valence-electron chi connectivity index (χ0n) is 8.55. The number of aromatic nitrogens is 2. The number of hydrogen-bond acceptors (Lipinski definition) is 3. The fraction of sp³-hybridized carbons (Fsp3) is 0.182. The summed E-state index contributed by atoms with van der Waals surface area (Å²) in [4.78, 5) is 5.43. The molecule has 0 spiro atoms. The van der Waals surface area contributed by atoms with E-state index in [2.05, 4.69) is 17.1 Å². The van der Waals surface area contributed by atoms with Gasteiger partial charge in [-0.05, 0) is 17.7 Å². The molecule has 0 atom stereocenters. The van der Waals surface area contributed by atoms with E-state index in [0.29, 0.717) is 6.54 Å². The maximum absolute atomic E-state index is 5.59. The Hall–Kier alpha value is -1.26. The van der Waals surface area contributed by atoms with Crippen LogP contribution >= 0.6 is 11.8 Å². The molecule has 2 aromatic rings. The van der Waals surface area contributed by atoms with Gasteiger partial charge in [-0.25, -0.2) is 4.98 Å². The van der Waals surface area contributed by atoms with E-state index in [0.717, 1.165) is 10.7 Å². The van der Waals surface area contributed by atoms with Crippen molar-refractivity contribution in [2.75, 3.05) is 0 Å². The number of nitrogens with zero attached hydrogens (tertiary/aromatic N) is 2. The average molecular weight is 219 g/mol. The summed E-state index contributed by atoms with van der Waals surface area (Å²) in [5.74, 6) is 0. The lowest BCUT2D eigenvalue weighted by molar-refractivity contribution is 0.790. The summed E-state index contributed by atoms with van der Waals surface area (Å²) in [5, 5.41) is 0.990. The Balaban J connectivity index is 2.21. The van der Waals surface area contributed by atoms with Crippen LogP contribution < -0.4 is 5.73 Å². The van der Waals surface area contributed by atoms with Crippen molar-refractivity contribution in [1.82, 2.24) is 9.55 Å².